The van der Waals surface area contributed by atoms with E-state index < -0.39 is 12.0 Å². The van der Waals surface area contributed by atoms with Crippen LogP contribution in [0.15, 0.2) is 30.5 Å². The van der Waals surface area contributed by atoms with Crippen molar-refractivity contribution in [3.8, 4) is 0 Å². The predicted molar refractivity (Wildman–Crippen MR) is 53.8 cm³/mol. The number of benzene rings is 1. The summed E-state index contributed by atoms with van der Waals surface area (Å²) in [5, 5.41) is 14.7. The summed E-state index contributed by atoms with van der Waals surface area (Å²) >= 11 is 0. The fraction of sp³-hybridized carbons (Fsp3) is 0.182. The quantitative estimate of drug-likeness (QED) is 0.733. The van der Waals surface area contributed by atoms with Crippen LogP contribution in [0.3, 0.4) is 0 Å². The summed E-state index contributed by atoms with van der Waals surface area (Å²) in [6.07, 6.45) is 1.91. The molecule has 0 spiro atoms. The van der Waals surface area contributed by atoms with Crippen LogP contribution in [0.1, 0.15) is 12.0 Å². The highest BCUT2D eigenvalue weighted by molar-refractivity contribution is 5.82. The molecule has 1 aromatic carbocycles. The van der Waals surface area contributed by atoms with Crippen LogP contribution < -0.4 is 16.2 Å². The van der Waals surface area contributed by atoms with Crippen LogP contribution in [0, 0.1) is 0 Å². The number of nitrogens with zero attached hydrogens (tertiary/aromatic N) is 1. The van der Waals surface area contributed by atoms with Crippen molar-refractivity contribution >= 4 is 17.2 Å². The maximum absolute atomic E-state index is 10.5. The van der Waals surface area contributed by atoms with Gasteiger partial charge in [0.15, 0.2) is 0 Å². The second-order valence-corrected chi connectivity index (χ2v) is 3.43. The summed E-state index contributed by atoms with van der Waals surface area (Å²) < 4.78 is 0. The summed E-state index contributed by atoms with van der Waals surface area (Å²) in [5.74, 6) is -1.24. The van der Waals surface area contributed by atoms with Gasteiger partial charge in [-0.3, -0.25) is 5.32 Å². The van der Waals surface area contributed by atoms with E-state index in [0.717, 1.165) is 16.8 Å². The van der Waals surface area contributed by atoms with E-state index in [1.54, 1.807) is 6.20 Å². The smallest absolute Gasteiger partial charge is 0.0705 e. The molecule has 1 aliphatic heterocycles. The predicted octanol–water partition coefficient (Wildman–Crippen LogP) is -0.256. The average Bonchev–Trinajstić information content (AvgIpc) is 2.62. The number of nitrogens with two attached hydrogens (primary N) is 1. The molecule has 0 bridgehead atoms. The van der Waals surface area contributed by atoms with Crippen LogP contribution in [0.4, 0.5) is 5.69 Å². The maximum atomic E-state index is 10.5. The SMILES string of the molecule is NC(CC1=C[N]c2ccccc21)C(=O)[O-]. The number of fused-ring (bicyclic) bond motifs is 1. The van der Waals surface area contributed by atoms with E-state index in [0.29, 0.717) is 0 Å². The van der Waals surface area contributed by atoms with Crippen molar-refractivity contribution in [3.05, 3.63) is 36.0 Å². The molecule has 15 heavy (non-hydrogen) atoms. The standard InChI is InChI=1S/C11H11N2O2/c12-9(11(14)15)5-7-6-13-10-4-2-1-3-8(7)10/h1-4,6,9H,5,12H2,(H,14,15)/p-1. The molecule has 1 aliphatic rings. The summed E-state index contributed by atoms with van der Waals surface area (Å²) in [5.41, 5.74) is 8.07. The van der Waals surface area contributed by atoms with E-state index in [4.69, 9.17) is 5.73 Å². The Bertz CT molecular complexity index is 426. The molecule has 1 radical (unpaired) electrons. The van der Waals surface area contributed by atoms with E-state index >= 15 is 0 Å². The zero-order valence-electron chi connectivity index (χ0n) is 8.01. The molecule has 0 amide bonds. The number of carboxylic acids is 1. The normalized spacial score (nSPS) is 15.1. The fourth-order valence-electron chi connectivity index (χ4n) is 1.56. The van der Waals surface area contributed by atoms with Gasteiger partial charge in [0.2, 0.25) is 0 Å². The monoisotopic (exact) mass is 202 g/mol. The Morgan fingerprint density at radius 3 is 2.93 bits per heavy atom. The molecule has 4 heteroatoms. The van der Waals surface area contributed by atoms with Gasteiger partial charge in [0.1, 0.15) is 0 Å². The molecule has 0 saturated heterocycles. The largest absolute Gasteiger partial charge is 0.548 e. The van der Waals surface area contributed by atoms with Crippen LogP contribution in [-0.4, -0.2) is 12.0 Å². The number of carbonyl (C=O) groups excluding carboxylic acids is 1. The Labute approximate surface area is 87.4 Å². The molecule has 1 atom stereocenters. The minimum absolute atomic E-state index is 0.253. The Kier molecular flexibility index (Phi) is 2.43. The Morgan fingerprint density at radius 2 is 2.20 bits per heavy atom. The summed E-state index contributed by atoms with van der Waals surface area (Å²) in [4.78, 5) is 10.5. The molecule has 77 valence electrons. The second kappa shape index (κ2) is 3.74. The van der Waals surface area contributed by atoms with Gasteiger partial charge in [-0.1, -0.05) is 18.2 Å². The van der Waals surface area contributed by atoms with Crippen LogP contribution in [0.25, 0.3) is 5.57 Å². The average molecular weight is 202 g/mol. The second-order valence-electron chi connectivity index (χ2n) is 3.43. The lowest BCUT2D eigenvalue weighted by molar-refractivity contribution is -0.307. The molecule has 0 aromatic heterocycles. The zero-order chi connectivity index (χ0) is 10.8. The Hall–Kier alpha value is -1.81. The Balaban J connectivity index is 2.17. The van der Waals surface area contributed by atoms with Crippen molar-refractivity contribution in [2.24, 2.45) is 5.73 Å². The van der Waals surface area contributed by atoms with Gasteiger partial charge in [-0.2, -0.15) is 0 Å². The molecule has 1 aromatic rings. The van der Waals surface area contributed by atoms with E-state index in [2.05, 4.69) is 5.32 Å². The molecular formula is C11H10N2O2-. The molecule has 0 saturated carbocycles. The molecular weight excluding hydrogens is 192 g/mol. The van der Waals surface area contributed by atoms with Gasteiger partial charge < -0.3 is 15.6 Å². The first-order valence-electron chi connectivity index (χ1n) is 4.64. The van der Waals surface area contributed by atoms with Crippen molar-refractivity contribution in [1.82, 2.24) is 5.32 Å². The van der Waals surface area contributed by atoms with Crippen molar-refractivity contribution in [3.63, 3.8) is 0 Å². The van der Waals surface area contributed by atoms with Gasteiger partial charge in [0.25, 0.3) is 0 Å². The molecule has 1 heterocycles. The molecule has 0 aliphatic carbocycles. The van der Waals surface area contributed by atoms with E-state index in [9.17, 15) is 9.90 Å². The first kappa shape index (κ1) is 9.73. The number of hydrogen-bond acceptors (Lipinski definition) is 3. The topological polar surface area (TPSA) is 80.2 Å². The van der Waals surface area contributed by atoms with Crippen molar-refractivity contribution in [2.45, 2.75) is 12.5 Å². The van der Waals surface area contributed by atoms with Crippen LogP contribution in [-0.2, 0) is 4.79 Å². The van der Waals surface area contributed by atoms with Crippen LogP contribution in [0.2, 0.25) is 0 Å². The lowest BCUT2D eigenvalue weighted by Crippen LogP contribution is -2.41. The highest BCUT2D eigenvalue weighted by Gasteiger charge is 2.17. The summed E-state index contributed by atoms with van der Waals surface area (Å²) in [6.45, 7) is 0. The van der Waals surface area contributed by atoms with Gasteiger partial charge in [0.05, 0.1) is 11.7 Å². The van der Waals surface area contributed by atoms with E-state index in [1.807, 2.05) is 24.3 Å². The molecule has 2 N–H and O–H groups in total. The maximum Gasteiger partial charge on any atom is 0.0705 e. The van der Waals surface area contributed by atoms with Gasteiger partial charge in [0, 0.05) is 17.8 Å². The molecule has 0 fully saturated rings. The van der Waals surface area contributed by atoms with Gasteiger partial charge in [-0.25, -0.2) is 0 Å². The van der Waals surface area contributed by atoms with Crippen LogP contribution in [0.5, 0.6) is 0 Å². The van der Waals surface area contributed by atoms with Crippen molar-refractivity contribution in [1.29, 1.82) is 0 Å². The summed E-state index contributed by atoms with van der Waals surface area (Å²) in [6, 6.07) is 6.58. The van der Waals surface area contributed by atoms with Gasteiger partial charge in [-0.15, -0.1) is 0 Å². The minimum Gasteiger partial charge on any atom is -0.548 e. The van der Waals surface area contributed by atoms with E-state index in [-0.39, 0.29) is 6.42 Å². The zero-order valence-corrected chi connectivity index (χ0v) is 8.01. The Morgan fingerprint density at radius 1 is 1.47 bits per heavy atom. The lowest BCUT2D eigenvalue weighted by atomic mass is 10.0. The highest BCUT2D eigenvalue weighted by atomic mass is 16.4. The molecule has 4 nitrogen and oxygen atoms in total. The number of rotatable bonds is 3. The molecule has 1 unspecified atom stereocenters. The van der Waals surface area contributed by atoms with Gasteiger partial charge >= 0.3 is 0 Å². The number of para-hydroxylation sites is 1. The third-order valence-electron chi connectivity index (χ3n) is 2.35. The van der Waals surface area contributed by atoms with Crippen LogP contribution >= 0.6 is 0 Å². The van der Waals surface area contributed by atoms with E-state index in [1.165, 1.54) is 0 Å². The first-order chi connectivity index (χ1) is 7.18. The number of hydrogen-bond donors (Lipinski definition) is 1. The third kappa shape index (κ3) is 1.85. The first-order valence-corrected chi connectivity index (χ1v) is 4.64. The fourth-order valence-corrected chi connectivity index (χ4v) is 1.56. The highest BCUT2D eigenvalue weighted by Crippen LogP contribution is 2.32. The molecule has 2 rings (SSSR count). The van der Waals surface area contributed by atoms with Crippen molar-refractivity contribution < 1.29 is 9.90 Å². The van der Waals surface area contributed by atoms with Crippen molar-refractivity contribution in [2.75, 3.05) is 0 Å². The number of aliphatic carboxylic acids is 1. The van der Waals surface area contributed by atoms with Gasteiger partial charge in [-0.05, 0) is 18.1 Å². The lowest BCUT2D eigenvalue weighted by Gasteiger charge is -2.13. The number of carboxylic acid groups (broad SMARTS) is 1. The third-order valence-corrected chi connectivity index (χ3v) is 2.35. The number of carbonyl (C=O) groups is 1. The minimum atomic E-state index is -1.24. The summed E-state index contributed by atoms with van der Waals surface area (Å²) in [7, 11) is 0.